The molecule has 2 rings (SSSR count). The highest BCUT2D eigenvalue weighted by Crippen LogP contribution is 2.27. The van der Waals surface area contributed by atoms with Crippen molar-refractivity contribution in [2.75, 3.05) is 10.5 Å². The molecule has 1 heterocycles. The Morgan fingerprint density at radius 2 is 2.11 bits per heavy atom. The van der Waals surface area contributed by atoms with Gasteiger partial charge in [0, 0.05) is 21.9 Å². The molecule has 19 heavy (non-hydrogen) atoms. The molecule has 0 saturated heterocycles. The SMILES string of the molecule is Cc1cc(NS(=O)(=O)c2cc(N)c(Br)cc2F)n[nH]1. The lowest BCUT2D eigenvalue weighted by molar-refractivity contribution is 0.570. The molecule has 6 nitrogen and oxygen atoms in total. The number of hydrogen-bond donors (Lipinski definition) is 3. The molecule has 0 saturated carbocycles. The maximum absolute atomic E-state index is 13.7. The van der Waals surface area contributed by atoms with Crippen LogP contribution in [0.2, 0.25) is 0 Å². The van der Waals surface area contributed by atoms with Crippen LogP contribution in [0.5, 0.6) is 0 Å². The number of rotatable bonds is 3. The highest BCUT2D eigenvalue weighted by atomic mass is 79.9. The molecule has 0 aliphatic carbocycles. The fourth-order valence-electron chi connectivity index (χ4n) is 1.41. The minimum Gasteiger partial charge on any atom is -0.398 e. The molecule has 0 spiro atoms. The number of anilines is 2. The van der Waals surface area contributed by atoms with Gasteiger partial charge in [-0.15, -0.1) is 0 Å². The molecule has 1 aromatic heterocycles. The zero-order valence-electron chi connectivity index (χ0n) is 9.74. The number of sulfonamides is 1. The van der Waals surface area contributed by atoms with E-state index in [1.807, 2.05) is 0 Å². The van der Waals surface area contributed by atoms with Gasteiger partial charge in [-0.2, -0.15) is 5.10 Å². The van der Waals surface area contributed by atoms with Crippen LogP contribution in [-0.2, 0) is 10.0 Å². The Bertz CT molecular complexity index is 729. The van der Waals surface area contributed by atoms with Gasteiger partial charge in [0.2, 0.25) is 0 Å². The van der Waals surface area contributed by atoms with E-state index in [2.05, 4.69) is 30.8 Å². The number of nitrogens with one attached hydrogen (secondary N) is 2. The minimum absolute atomic E-state index is 0.0818. The second-order valence-electron chi connectivity index (χ2n) is 3.85. The van der Waals surface area contributed by atoms with Gasteiger partial charge in [-0.3, -0.25) is 9.82 Å². The third kappa shape index (κ3) is 2.87. The fraction of sp³-hybridized carbons (Fsp3) is 0.100. The molecule has 0 fully saturated rings. The Hall–Kier alpha value is -1.61. The van der Waals surface area contributed by atoms with Crippen molar-refractivity contribution in [2.45, 2.75) is 11.8 Å². The van der Waals surface area contributed by atoms with E-state index in [0.29, 0.717) is 10.2 Å². The zero-order chi connectivity index (χ0) is 14.2. The molecule has 0 aliphatic heterocycles. The van der Waals surface area contributed by atoms with E-state index < -0.39 is 20.7 Å². The molecule has 0 amide bonds. The number of nitrogen functional groups attached to an aromatic ring is 1. The first-order chi connectivity index (χ1) is 8.79. The summed E-state index contributed by atoms with van der Waals surface area (Å²) in [6.45, 7) is 1.71. The van der Waals surface area contributed by atoms with Crippen molar-refractivity contribution in [3.8, 4) is 0 Å². The predicted octanol–water partition coefficient (Wildman–Crippen LogP) is 2.00. The molecule has 0 atom stereocenters. The molecule has 0 unspecified atom stereocenters. The van der Waals surface area contributed by atoms with Gasteiger partial charge < -0.3 is 5.73 Å². The standard InChI is InChI=1S/C10H10BrFN4O2S/c1-5-2-10(15-14-5)16-19(17,18)9-4-8(13)6(11)3-7(9)12/h2-4H,13H2,1H3,(H2,14,15,16). The van der Waals surface area contributed by atoms with Gasteiger partial charge in [0.05, 0.1) is 0 Å². The summed E-state index contributed by atoms with van der Waals surface area (Å²) in [4.78, 5) is -0.533. The van der Waals surface area contributed by atoms with Gasteiger partial charge in [-0.25, -0.2) is 12.8 Å². The number of halogens is 2. The summed E-state index contributed by atoms with van der Waals surface area (Å²) in [6, 6.07) is 3.53. The van der Waals surface area contributed by atoms with E-state index in [9.17, 15) is 12.8 Å². The topological polar surface area (TPSA) is 101 Å². The van der Waals surface area contributed by atoms with Gasteiger partial charge in [0.1, 0.15) is 10.7 Å². The lowest BCUT2D eigenvalue weighted by atomic mass is 10.3. The van der Waals surface area contributed by atoms with E-state index in [0.717, 1.165) is 12.1 Å². The van der Waals surface area contributed by atoms with Crippen LogP contribution in [0.25, 0.3) is 0 Å². The number of nitrogens with two attached hydrogens (primary N) is 1. The van der Waals surface area contributed by atoms with Crippen LogP contribution in [0.3, 0.4) is 0 Å². The van der Waals surface area contributed by atoms with Crippen molar-refractivity contribution in [3.05, 3.63) is 34.2 Å². The molecule has 0 bridgehead atoms. The Kier molecular flexibility index (Phi) is 3.50. The normalized spacial score (nSPS) is 11.5. The highest BCUT2D eigenvalue weighted by Gasteiger charge is 2.21. The average Bonchev–Trinajstić information content (AvgIpc) is 2.68. The van der Waals surface area contributed by atoms with E-state index in [-0.39, 0.29) is 11.5 Å². The fourth-order valence-corrected chi connectivity index (χ4v) is 2.82. The second kappa shape index (κ2) is 4.82. The zero-order valence-corrected chi connectivity index (χ0v) is 12.1. The summed E-state index contributed by atoms with van der Waals surface area (Å²) in [5.41, 5.74) is 6.36. The van der Waals surface area contributed by atoms with Crippen LogP contribution < -0.4 is 10.5 Å². The Morgan fingerprint density at radius 3 is 2.68 bits per heavy atom. The molecule has 4 N–H and O–H groups in total. The van der Waals surface area contributed by atoms with Crippen molar-refractivity contribution < 1.29 is 12.8 Å². The Labute approximate surface area is 117 Å². The summed E-state index contributed by atoms with van der Waals surface area (Å²) < 4.78 is 40.2. The number of aromatic nitrogens is 2. The molecule has 9 heteroatoms. The summed E-state index contributed by atoms with van der Waals surface area (Å²) in [5.74, 6) is -0.820. The van der Waals surface area contributed by atoms with Crippen LogP contribution in [-0.4, -0.2) is 18.6 Å². The number of aryl methyl sites for hydroxylation is 1. The predicted molar refractivity (Wildman–Crippen MR) is 72.6 cm³/mol. The van der Waals surface area contributed by atoms with Gasteiger partial charge in [0.25, 0.3) is 10.0 Å². The van der Waals surface area contributed by atoms with E-state index in [4.69, 9.17) is 5.73 Å². The van der Waals surface area contributed by atoms with Crippen molar-refractivity contribution in [1.29, 1.82) is 0 Å². The molecule has 0 aliphatic rings. The Balaban J connectivity index is 2.42. The molecule has 0 radical (unpaired) electrons. The first-order valence-electron chi connectivity index (χ1n) is 5.09. The first-order valence-corrected chi connectivity index (χ1v) is 7.36. The quantitative estimate of drug-likeness (QED) is 0.738. The van der Waals surface area contributed by atoms with E-state index in [1.54, 1.807) is 6.92 Å². The smallest absolute Gasteiger partial charge is 0.266 e. The number of aromatic amines is 1. The van der Waals surface area contributed by atoms with Crippen molar-refractivity contribution in [1.82, 2.24) is 10.2 Å². The van der Waals surface area contributed by atoms with Gasteiger partial charge in [-0.1, -0.05) is 0 Å². The lowest BCUT2D eigenvalue weighted by Crippen LogP contribution is -2.15. The monoisotopic (exact) mass is 348 g/mol. The summed E-state index contributed by atoms with van der Waals surface area (Å²) in [5, 5.41) is 6.29. The third-order valence-electron chi connectivity index (χ3n) is 2.29. The van der Waals surface area contributed by atoms with Crippen LogP contribution >= 0.6 is 15.9 Å². The number of benzene rings is 1. The molecular formula is C10H10BrFN4O2S. The molecule has 102 valence electrons. The third-order valence-corrected chi connectivity index (χ3v) is 4.34. The van der Waals surface area contributed by atoms with Gasteiger partial charge >= 0.3 is 0 Å². The van der Waals surface area contributed by atoms with Crippen LogP contribution in [0, 0.1) is 12.7 Å². The van der Waals surface area contributed by atoms with Gasteiger partial charge in [0.15, 0.2) is 5.82 Å². The summed E-state index contributed by atoms with van der Waals surface area (Å²) >= 11 is 3.02. The number of H-pyrrole nitrogens is 1. The minimum atomic E-state index is -4.08. The molecular weight excluding hydrogens is 339 g/mol. The lowest BCUT2D eigenvalue weighted by Gasteiger charge is -2.08. The average molecular weight is 349 g/mol. The van der Waals surface area contributed by atoms with E-state index >= 15 is 0 Å². The van der Waals surface area contributed by atoms with Crippen molar-refractivity contribution in [2.24, 2.45) is 0 Å². The summed E-state index contributed by atoms with van der Waals surface area (Å²) in [7, 11) is -4.08. The maximum atomic E-state index is 13.7. The van der Waals surface area contributed by atoms with Crippen LogP contribution in [0.4, 0.5) is 15.9 Å². The molecule has 2 aromatic rings. The maximum Gasteiger partial charge on any atom is 0.266 e. The van der Waals surface area contributed by atoms with Crippen molar-refractivity contribution >= 4 is 37.5 Å². The second-order valence-corrected chi connectivity index (χ2v) is 6.35. The highest BCUT2D eigenvalue weighted by molar-refractivity contribution is 9.10. The van der Waals surface area contributed by atoms with Gasteiger partial charge in [-0.05, 0) is 35.0 Å². The summed E-state index contributed by atoms with van der Waals surface area (Å²) in [6.07, 6.45) is 0. The first kappa shape index (κ1) is 13.8. The van der Waals surface area contributed by atoms with Crippen LogP contribution in [0.1, 0.15) is 5.69 Å². The number of nitrogens with zero attached hydrogens (tertiary/aromatic N) is 1. The Morgan fingerprint density at radius 1 is 1.42 bits per heavy atom. The van der Waals surface area contributed by atoms with Crippen molar-refractivity contribution in [3.63, 3.8) is 0 Å². The number of hydrogen-bond acceptors (Lipinski definition) is 4. The van der Waals surface area contributed by atoms with E-state index in [1.165, 1.54) is 6.07 Å². The largest absolute Gasteiger partial charge is 0.398 e. The van der Waals surface area contributed by atoms with Crippen LogP contribution in [0.15, 0.2) is 27.6 Å². The molecule has 1 aromatic carbocycles.